The second-order valence-electron chi connectivity index (χ2n) is 6.39. The Kier molecular flexibility index (Phi) is 5.47. The van der Waals surface area contributed by atoms with Crippen molar-refractivity contribution in [2.75, 3.05) is 18.6 Å². The molecule has 0 radical (unpaired) electrons. The van der Waals surface area contributed by atoms with Crippen LogP contribution in [0.4, 0.5) is 5.69 Å². The van der Waals surface area contributed by atoms with Gasteiger partial charge in [-0.2, -0.15) is 0 Å². The van der Waals surface area contributed by atoms with E-state index in [-0.39, 0.29) is 18.2 Å². The number of hydrogen-bond donors (Lipinski definition) is 1. The van der Waals surface area contributed by atoms with Gasteiger partial charge in [-0.15, -0.1) is 0 Å². The van der Waals surface area contributed by atoms with Crippen LogP contribution >= 0.6 is 11.6 Å². The monoisotopic (exact) mass is 372 g/mol. The van der Waals surface area contributed by atoms with Gasteiger partial charge in [-0.3, -0.25) is 9.59 Å². The van der Waals surface area contributed by atoms with Gasteiger partial charge in [0.15, 0.2) is 0 Å². The number of carbonyl (C=O) groups excluding carboxylic acids is 2. The van der Waals surface area contributed by atoms with E-state index in [4.69, 9.17) is 16.3 Å². The van der Waals surface area contributed by atoms with Crippen LogP contribution in [0.15, 0.2) is 42.5 Å². The molecule has 0 unspecified atom stereocenters. The maximum atomic E-state index is 12.5. The number of hydrogen-bond acceptors (Lipinski definition) is 3. The average molecular weight is 373 g/mol. The molecule has 2 amide bonds. The summed E-state index contributed by atoms with van der Waals surface area (Å²) >= 11 is 6.11. The molecule has 2 aromatic carbocycles. The highest BCUT2D eigenvalue weighted by Gasteiger charge is 2.36. The van der Waals surface area contributed by atoms with E-state index in [0.29, 0.717) is 29.5 Å². The first-order valence-electron chi connectivity index (χ1n) is 8.45. The van der Waals surface area contributed by atoms with Crippen LogP contribution in [0, 0.1) is 12.8 Å². The maximum Gasteiger partial charge on any atom is 0.227 e. The summed E-state index contributed by atoms with van der Waals surface area (Å²) in [6, 6.07) is 13.0. The summed E-state index contributed by atoms with van der Waals surface area (Å²) in [6.07, 6.45) is 0.186. The highest BCUT2D eigenvalue weighted by Crippen LogP contribution is 2.34. The van der Waals surface area contributed by atoms with Crippen LogP contribution in [-0.4, -0.2) is 25.5 Å². The van der Waals surface area contributed by atoms with E-state index in [1.165, 1.54) is 0 Å². The van der Waals surface area contributed by atoms with E-state index in [1.54, 1.807) is 18.1 Å². The Labute approximate surface area is 157 Å². The quantitative estimate of drug-likeness (QED) is 0.875. The Hall–Kier alpha value is -2.53. The molecule has 1 aliphatic heterocycles. The first-order valence-corrected chi connectivity index (χ1v) is 8.83. The van der Waals surface area contributed by atoms with Crippen molar-refractivity contribution in [3.8, 4) is 5.75 Å². The van der Waals surface area contributed by atoms with Gasteiger partial charge in [0.1, 0.15) is 5.75 Å². The van der Waals surface area contributed by atoms with Crippen molar-refractivity contribution in [2.45, 2.75) is 19.9 Å². The Balaban J connectivity index is 1.69. The van der Waals surface area contributed by atoms with Gasteiger partial charge in [0.2, 0.25) is 11.8 Å². The molecule has 3 rings (SSSR count). The summed E-state index contributed by atoms with van der Waals surface area (Å²) in [6.45, 7) is 2.64. The van der Waals surface area contributed by atoms with E-state index in [9.17, 15) is 9.59 Å². The maximum absolute atomic E-state index is 12.5. The van der Waals surface area contributed by atoms with Crippen LogP contribution in [0.3, 0.4) is 0 Å². The fourth-order valence-corrected chi connectivity index (χ4v) is 3.30. The lowest BCUT2D eigenvalue weighted by molar-refractivity contribution is -0.126. The topological polar surface area (TPSA) is 58.6 Å². The third-order valence-electron chi connectivity index (χ3n) is 4.53. The van der Waals surface area contributed by atoms with E-state index < -0.39 is 5.92 Å². The number of carbonyl (C=O) groups is 2. The SMILES string of the molecule is COc1ccc(C)cc1N1C[C@H](C(=O)NCc2ccccc2Cl)CC1=O. The molecule has 1 saturated heterocycles. The van der Waals surface area contributed by atoms with Crippen molar-refractivity contribution in [2.24, 2.45) is 5.92 Å². The second-order valence-corrected chi connectivity index (χ2v) is 6.80. The second kappa shape index (κ2) is 7.79. The van der Waals surface area contributed by atoms with Crippen molar-refractivity contribution in [3.05, 3.63) is 58.6 Å². The molecule has 0 aromatic heterocycles. The lowest BCUT2D eigenvalue weighted by Crippen LogP contribution is -2.32. The number of methoxy groups -OCH3 is 1. The van der Waals surface area contributed by atoms with Crippen molar-refractivity contribution in [1.29, 1.82) is 0 Å². The molecule has 0 bridgehead atoms. The minimum absolute atomic E-state index is 0.0770. The molecule has 1 heterocycles. The molecule has 1 N–H and O–H groups in total. The van der Waals surface area contributed by atoms with E-state index in [2.05, 4.69) is 5.32 Å². The molecule has 0 saturated carbocycles. The van der Waals surface area contributed by atoms with Gasteiger partial charge in [-0.05, 0) is 36.2 Å². The highest BCUT2D eigenvalue weighted by atomic mass is 35.5. The summed E-state index contributed by atoms with van der Waals surface area (Å²) in [7, 11) is 1.57. The number of rotatable bonds is 5. The van der Waals surface area contributed by atoms with Crippen molar-refractivity contribution in [3.63, 3.8) is 0 Å². The molecule has 5 nitrogen and oxygen atoms in total. The lowest BCUT2D eigenvalue weighted by atomic mass is 10.1. The van der Waals surface area contributed by atoms with Gasteiger partial charge < -0.3 is 15.0 Å². The summed E-state index contributed by atoms with van der Waals surface area (Å²) < 4.78 is 5.37. The Morgan fingerprint density at radius 1 is 1.31 bits per heavy atom. The average Bonchev–Trinajstić information content (AvgIpc) is 3.02. The van der Waals surface area contributed by atoms with Crippen molar-refractivity contribution >= 4 is 29.1 Å². The van der Waals surface area contributed by atoms with Crippen LogP contribution in [0.25, 0.3) is 0 Å². The molecule has 1 atom stereocenters. The normalized spacial score (nSPS) is 16.7. The van der Waals surface area contributed by atoms with Crippen LogP contribution in [0.5, 0.6) is 5.75 Å². The van der Waals surface area contributed by atoms with Gasteiger partial charge in [0.25, 0.3) is 0 Å². The predicted octanol–water partition coefficient (Wildman–Crippen LogP) is 3.33. The summed E-state index contributed by atoms with van der Waals surface area (Å²) in [5.74, 6) is 0.00969. The number of amides is 2. The van der Waals surface area contributed by atoms with E-state index >= 15 is 0 Å². The first kappa shape index (κ1) is 18.3. The lowest BCUT2D eigenvalue weighted by Gasteiger charge is -2.20. The zero-order valence-electron chi connectivity index (χ0n) is 14.8. The fourth-order valence-electron chi connectivity index (χ4n) is 3.10. The minimum Gasteiger partial charge on any atom is -0.495 e. The van der Waals surface area contributed by atoms with Gasteiger partial charge in [-0.25, -0.2) is 0 Å². The first-order chi connectivity index (χ1) is 12.5. The number of anilines is 1. The third kappa shape index (κ3) is 3.83. The van der Waals surface area contributed by atoms with Crippen LogP contribution < -0.4 is 15.0 Å². The standard InChI is InChI=1S/C20H21ClN2O3/c1-13-7-8-18(26-2)17(9-13)23-12-15(10-19(23)24)20(25)22-11-14-5-3-4-6-16(14)21/h3-9,15H,10-12H2,1-2H3,(H,22,25)/t15-/m1/s1. The van der Waals surface area contributed by atoms with Crippen molar-refractivity contribution in [1.82, 2.24) is 5.32 Å². The van der Waals surface area contributed by atoms with Gasteiger partial charge >= 0.3 is 0 Å². The Morgan fingerprint density at radius 2 is 2.08 bits per heavy atom. The molecule has 26 heavy (non-hydrogen) atoms. The molecule has 1 aliphatic rings. The largest absolute Gasteiger partial charge is 0.495 e. The predicted molar refractivity (Wildman–Crippen MR) is 101 cm³/mol. The molecule has 1 fully saturated rings. The highest BCUT2D eigenvalue weighted by molar-refractivity contribution is 6.31. The zero-order valence-corrected chi connectivity index (χ0v) is 15.5. The Morgan fingerprint density at radius 3 is 2.81 bits per heavy atom. The number of aryl methyl sites for hydroxylation is 1. The van der Waals surface area contributed by atoms with Gasteiger partial charge in [0.05, 0.1) is 18.7 Å². The molecule has 0 aliphatic carbocycles. The zero-order chi connectivity index (χ0) is 18.7. The third-order valence-corrected chi connectivity index (χ3v) is 4.90. The molecular formula is C20H21ClN2O3. The molecule has 0 spiro atoms. The number of ether oxygens (including phenoxy) is 1. The molecule has 136 valence electrons. The van der Waals surface area contributed by atoms with Crippen LogP contribution in [0.2, 0.25) is 5.02 Å². The van der Waals surface area contributed by atoms with E-state index in [1.807, 2.05) is 43.3 Å². The Bertz CT molecular complexity index is 838. The van der Waals surface area contributed by atoms with Crippen LogP contribution in [-0.2, 0) is 16.1 Å². The number of halogens is 1. The summed E-state index contributed by atoms with van der Waals surface area (Å²) in [4.78, 5) is 26.6. The number of benzene rings is 2. The summed E-state index contributed by atoms with van der Waals surface area (Å²) in [5, 5.41) is 3.49. The van der Waals surface area contributed by atoms with Gasteiger partial charge in [-0.1, -0.05) is 35.9 Å². The number of nitrogens with zero attached hydrogens (tertiary/aromatic N) is 1. The van der Waals surface area contributed by atoms with Gasteiger partial charge in [0, 0.05) is 24.5 Å². The fraction of sp³-hybridized carbons (Fsp3) is 0.300. The summed E-state index contributed by atoms with van der Waals surface area (Å²) in [5.41, 5.74) is 2.59. The smallest absolute Gasteiger partial charge is 0.227 e. The van der Waals surface area contributed by atoms with Crippen molar-refractivity contribution < 1.29 is 14.3 Å². The van der Waals surface area contributed by atoms with E-state index in [0.717, 1.165) is 11.1 Å². The number of nitrogens with one attached hydrogen (secondary N) is 1. The molecular weight excluding hydrogens is 352 g/mol. The van der Waals surface area contributed by atoms with Crippen LogP contribution in [0.1, 0.15) is 17.5 Å². The molecule has 2 aromatic rings. The minimum atomic E-state index is -0.393. The molecule has 6 heteroatoms.